The summed E-state index contributed by atoms with van der Waals surface area (Å²) in [5.74, 6) is -0.217. The van der Waals surface area contributed by atoms with Gasteiger partial charge in [0.2, 0.25) is 0 Å². The van der Waals surface area contributed by atoms with Crippen molar-refractivity contribution in [2.75, 3.05) is 7.05 Å². The Morgan fingerprint density at radius 1 is 1.19 bits per heavy atom. The van der Waals surface area contributed by atoms with Gasteiger partial charge in [0, 0.05) is 23.9 Å². The first kappa shape index (κ1) is 10.8. The molecular weight excluding hydrogens is 203 g/mol. The Kier molecular flexibility index (Phi) is 3.27. The zero-order valence-corrected chi connectivity index (χ0v) is 9.07. The third kappa shape index (κ3) is 2.25. The summed E-state index contributed by atoms with van der Waals surface area (Å²) >= 11 is 0. The Morgan fingerprint density at radius 3 is 2.62 bits per heavy atom. The van der Waals surface area contributed by atoms with Crippen LogP contribution in [0.4, 0.5) is 4.39 Å². The number of rotatable bonds is 3. The van der Waals surface area contributed by atoms with Crippen molar-refractivity contribution in [3.05, 3.63) is 54.1 Å². The van der Waals surface area contributed by atoms with Crippen molar-refractivity contribution >= 4 is 0 Å². The molecule has 0 amide bonds. The molecule has 82 valence electrons. The molecule has 2 nitrogen and oxygen atoms in total. The lowest BCUT2D eigenvalue weighted by Crippen LogP contribution is -2.06. The first-order valence-corrected chi connectivity index (χ1v) is 5.15. The number of nitrogens with one attached hydrogen (secondary N) is 1. The van der Waals surface area contributed by atoms with Crippen LogP contribution in [0.25, 0.3) is 11.1 Å². The predicted molar refractivity (Wildman–Crippen MR) is 62.4 cm³/mol. The third-order valence-corrected chi connectivity index (χ3v) is 2.37. The number of halogens is 1. The lowest BCUT2D eigenvalue weighted by Gasteiger charge is -2.04. The van der Waals surface area contributed by atoms with Gasteiger partial charge in [-0.25, -0.2) is 4.39 Å². The zero-order valence-electron chi connectivity index (χ0n) is 9.07. The van der Waals surface area contributed by atoms with E-state index in [9.17, 15) is 4.39 Å². The molecule has 0 atom stereocenters. The van der Waals surface area contributed by atoms with Crippen LogP contribution in [0, 0.1) is 5.82 Å². The van der Waals surface area contributed by atoms with Crippen molar-refractivity contribution in [1.29, 1.82) is 0 Å². The van der Waals surface area contributed by atoms with Crippen LogP contribution in [-0.4, -0.2) is 12.0 Å². The molecule has 16 heavy (non-hydrogen) atoms. The van der Waals surface area contributed by atoms with Crippen molar-refractivity contribution < 1.29 is 4.39 Å². The Bertz CT molecular complexity index is 466. The second-order valence-corrected chi connectivity index (χ2v) is 3.55. The fourth-order valence-electron chi connectivity index (χ4n) is 1.56. The van der Waals surface area contributed by atoms with E-state index in [0.29, 0.717) is 5.56 Å². The summed E-state index contributed by atoms with van der Waals surface area (Å²) in [5, 5.41) is 3.02. The van der Waals surface area contributed by atoms with Crippen LogP contribution >= 0.6 is 0 Å². The van der Waals surface area contributed by atoms with Crippen molar-refractivity contribution in [1.82, 2.24) is 10.3 Å². The van der Waals surface area contributed by atoms with Crippen LogP contribution in [0.3, 0.4) is 0 Å². The SMILES string of the molecule is CNCc1ccc(-c2ccccc2F)cn1. The molecule has 0 spiro atoms. The molecule has 0 aliphatic carbocycles. The van der Waals surface area contributed by atoms with Crippen LogP contribution < -0.4 is 5.32 Å². The normalized spacial score (nSPS) is 10.4. The Hall–Kier alpha value is -1.74. The van der Waals surface area contributed by atoms with Gasteiger partial charge in [-0.05, 0) is 19.2 Å². The van der Waals surface area contributed by atoms with Crippen molar-refractivity contribution in [3.63, 3.8) is 0 Å². The lowest BCUT2D eigenvalue weighted by molar-refractivity contribution is 0.631. The van der Waals surface area contributed by atoms with E-state index in [-0.39, 0.29) is 5.82 Å². The van der Waals surface area contributed by atoms with E-state index >= 15 is 0 Å². The van der Waals surface area contributed by atoms with Crippen LogP contribution in [0.15, 0.2) is 42.6 Å². The molecule has 0 saturated heterocycles. The molecule has 1 aromatic carbocycles. The minimum absolute atomic E-state index is 0.217. The Labute approximate surface area is 94.2 Å². The smallest absolute Gasteiger partial charge is 0.131 e. The Morgan fingerprint density at radius 2 is 2.00 bits per heavy atom. The number of nitrogens with zero attached hydrogens (tertiary/aromatic N) is 1. The molecule has 1 aromatic heterocycles. The molecule has 3 heteroatoms. The molecule has 0 radical (unpaired) electrons. The van der Waals surface area contributed by atoms with E-state index in [1.165, 1.54) is 6.07 Å². The maximum atomic E-state index is 13.5. The van der Waals surface area contributed by atoms with Gasteiger partial charge in [-0.15, -0.1) is 0 Å². The molecule has 0 bridgehead atoms. The van der Waals surface area contributed by atoms with E-state index in [0.717, 1.165) is 17.8 Å². The van der Waals surface area contributed by atoms with Crippen molar-refractivity contribution in [2.24, 2.45) is 0 Å². The van der Waals surface area contributed by atoms with Crippen LogP contribution in [0.1, 0.15) is 5.69 Å². The highest BCUT2D eigenvalue weighted by Gasteiger charge is 2.03. The van der Waals surface area contributed by atoms with Gasteiger partial charge in [0.05, 0.1) is 5.69 Å². The van der Waals surface area contributed by atoms with Gasteiger partial charge in [-0.1, -0.05) is 24.3 Å². The first-order chi connectivity index (χ1) is 7.81. The number of pyridine rings is 1. The van der Waals surface area contributed by atoms with E-state index in [1.54, 1.807) is 18.3 Å². The first-order valence-electron chi connectivity index (χ1n) is 5.15. The molecule has 1 heterocycles. The minimum Gasteiger partial charge on any atom is -0.314 e. The fourth-order valence-corrected chi connectivity index (χ4v) is 1.56. The molecule has 0 aliphatic heterocycles. The summed E-state index contributed by atoms with van der Waals surface area (Å²) in [5.41, 5.74) is 2.34. The quantitative estimate of drug-likeness (QED) is 0.853. The van der Waals surface area contributed by atoms with Gasteiger partial charge in [-0.3, -0.25) is 4.98 Å². The molecule has 0 saturated carbocycles. The average molecular weight is 216 g/mol. The zero-order chi connectivity index (χ0) is 11.4. The summed E-state index contributed by atoms with van der Waals surface area (Å²) in [7, 11) is 1.87. The highest BCUT2D eigenvalue weighted by Crippen LogP contribution is 2.21. The standard InChI is InChI=1S/C13H13FN2/c1-15-9-11-7-6-10(8-16-11)12-4-2-3-5-13(12)14/h2-8,15H,9H2,1H3. The highest BCUT2D eigenvalue weighted by molar-refractivity contribution is 5.62. The number of aromatic nitrogens is 1. The third-order valence-electron chi connectivity index (χ3n) is 2.37. The van der Waals surface area contributed by atoms with Crippen LogP contribution in [-0.2, 0) is 6.54 Å². The predicted octanol–water partition coefficient (Wildman–Crippen LogP) is 2.61. The maximum Gasteiger partial charge on any atom is 0.131 e. The van der Waals surface area contributed by atoms with E-state index in [2.05, 4.69) is 10.3 Å². The molecular formula is C13H13FN2. The van der Waals surface area contributed by atoms with Gasteiger partial charge in [0.1, 0.15) is 5.82 Å². The largest absolute Gasteiger partial charge is 0.314 e. The molecule has 1 N–H and O–H groups in total. The Balaban J connectivity index is 2.31. The minimum atomic E-state index is -0.217. The second kappa shape index (κ2) is 4.86. The number of hydrogen-bond acceptors (Lipinski definition) is 2. The summed E-state index contributed by atoms with van der Waals surface area (Å²) in [4.78, 5) is 4.26. The second-order valence-electron chi connectivity index (χ2n) is 3.55. The fraction of sp³-hybridized carbons (Fsp3) is 0.154. The van der Waals surface area contributed by atoms with E-state index in [1.807, 2.05) is 25.2 Å². The molecule has 2 rings (SSSR count). The van der Waals surface area contributed by atoms with Gasteiger partial charge in [0.25, 0.3) is 0 Å². The van der Waals surface area contributed by atoms with Crippen molar-refractivity contribution in [2.45, 2.75) is 6.54 Å². The lowest BCUT2D eigenvalue weighted by atomic mass is 10.1. The van der Waals surface area contributed by atoms with Crippen LogP contribution in [0.5, 0.6) is 0 Å². The molecule has 0 aliphatic rings. The molecule has 2 aromatic rings. The summed E-state index contributed by atoms with van der Waals surface area (Å²) in [6.45, 7) is 0.720. The summed E-state index contributed by atoms with van der Waals surface area (Å²) in [6, 6.07) is 10.5. The average Bonchev–Trinajstić information content (AvgIpc) is 2.31. The highest BCUT2D eigenvalue weighted by atomic mass is 19.1. The number of hydrogen-bond donors (Lipinski definition) is 1. The van der Waals surface area contributed by atoms with Gasteiger partial charge < -0.3 is 5.32 Å². The van der Waals surface area contributed by atoms with Crippen LogP contribution in [0.2, 0.25) is 0 Å². The van der Waals surface area contributed by atoms with Gasteiger partial charge in [0.15, 0.2) is 0 Å². The van der Waals surface area contributed by atoms with Crippen molar-refractivity contribution in [3.8, 4) is 11.1 Å². The van der Waals surface area contributed by atoms with E-state index in [4.69, 9.17) is 0 Å². The van der Waals surface area contributed by atoms with Gasteiger partial charge in [-0.2, -0.15) is 0 Å². The monoisotopic (exact) mass is 216 g/mol. The maximum absolute atomic E-state index is 13.5. The molecule has 0 unspecified atom stereocenters. The van der Waals surface area contributed by atoms with Gasteiger partial charge >= 0.3 is 0 Å². The topological polar surface area (TPSA) is 24.9 Å². The summed E-state index contributed by atoms with van der Waals surface area (Å²) < 4.78 is 13.5. The summed E-state index contributed by atoms with van der Waals surface area (Å²) in [6.07, 6.45) is 1.70. The van der Waals surface area contributed by atoms with E-state index < -0.39 is 0 Å². The number of benzene rings is 1. The molecule has 0 fully saturated rings.